The molecule has 1 aromatic carbocycles. The second kappa shape index (κ2) is 4.10. The third-order valence-electron chi connectivity index (χ3n) is 1.33. The fourth-order valence-electron chi connectivity index (χ4n) is 0.821. The molecule has 4 nitrogen and oxygen atoms in total. The summed E-state index contributed by atoms with van der Waals surface area (Å²) in [6.07, 6.45) is 1.61. The lowest BCUT2D eigenvalue weighted by Gasteiger charge is -2.04. The van der Waals surface area contributed by atoms with Crippen molar-refractivity contribution in [3.63, 3.8) is 0 Å². The first-order valence-corrected chi connectivity index (χ1v) is 6.17. The normalized spacial score (nSPS) is 11.0. The van der Waals surface area contributed by atoms with Gasteiger partial charge in [-0.05, 0) is 34.1 Å². The van der Waals surface area contributed by atoms with E-state index >= 15 is 0 Å². The molecule has 0 saturated carbocycles. The number of rotatable bonds is 3. The highest BCUT2D eigenvalue weighted by Crippen LogP contribution is 2.26. The second-order valence-corrected chi connectivity index (χ2v) is 5.02. The zero-order chi connectivity index (χ0) is 10.8. The van der Waals surface area contributed by atoms with Gasteiger partial charge >= 0.3 is 10.1 Å². The van der Waals surface area contributed by atoms with Crippen LogP contribution in [0, 0.1) is 0 Å². The Bertz CT molecular complexity index is 452. The van der Waals surface area contributed by atoms with Crippen molar-refractivity contribution in [3.05, 3.63) is 28.2 Å². The lowest BCUT2D eigenvalue weighted by Crippen LogP contribution is -2.06. The van der Waals surface area contributed by atoms with Crippen LogP contribution in [0.25, 0.3) is 0 Å². The minimum absolute atomic E-state index is 0.165. The highest BCUT2D eigenvalue weighted by Gasteiger charge is 2.08. The summed E-state index contributed by atoms with van der Waals surface area (Å²) < 4.78 is 26.7. The Labute approximate surface area is 90.1 Å². The highest BCUT2D eigenvalue weighted by molar-refractivity contribution is 9.10. The molecule has 1 rings (SSSR count). The maximum atomic E-state index is 10.8. The van der Waals surface area contributed by atoms with Crippen LogP contribution in [0.3, 0.4) is 0 Å². The molecule has 0 spiro atoms. The largest absolute Gasteiger partial charge is 0.381 e. The molecule has 1 aromatic rings. The SMILES string of the molecule is CS(=O)(=O)Oc1ccc(C=O)cc1Br. The summed E-state index contributed by atoms with van der Waals surface area (Å²) in [5, 5.41) is 0. The first-order chi connectivity index (χ1) is 6.42. The molecule has 0 amide bonds. The molecule has 0 aliphatic rings. The van der Waals surface area contributed by atoms with Crippen LogP contribution in [0.4, 0.5) is 0 Å². The monoisotopic (exact) mass is 278 g/mol. The quantitative estimate of drug-likeness (QED) is 0.623. The maximum Gasteiger partial charge on any atom is 0.306 e. The fraction of sp³-hybridized carbons (Fsp3) is 0.125. The van der Waals surface area contributed by atoms with Crippen LogP contribution in [0.15, 0.2) is 22.7 Å². The van der Waals surface area contributed by atoms with Gasteiger partial charge in [0, 0.05) is 5.56 Å². The van der Waals surface area contributed by atoms with Crippen molar-refractivity contribution in [2.24, 2.45) is 0 Å². The third-order valence-corrected chi connectivity index (χ3v) is 2.44. The van der Waals surface area contributed by atoms with Crippen molar-refractivity contribution in [1.82, 2.24) is 0 Å². The van der Waals surface area contributed by atoms with E-state index in [1.807, 2.05) is 0 Å². The Balaban J connectivity index is 3.07. The highest BCUT2D eigenvalue weighted by atomic mass is 79.9. The van der Waals surface area contributed by atoms with Gasteiger partial charge in [0.05, 0.1) is 10.7 Å². The van der Waals surface area contributed by atoms with Gasteiger partial charge in [-0.15, -0.1) is 0 Å². The van der Waals surface area contributed by atoms with Crippen molar-refractivity contribution < 1.29 is 17.4 Å². The van der Waals surface area contributed by atoms with E-state index in [1.165, 1.54) is 18.2 Å². The van der Waals surface area contributed by atoms with Crippen molar-refractivity contribution in [2.75, 3.05) is 6.26 Å². The molecule has 0 radical (unpaired) electrons. The van der Waals surface area contributed by atoms with Gasteiger partial charge in [0.1, 0.15) is 6.29 Å². The van der Waals surface area contributed by atoms with Crippen LogP contribution in [0.5, 0.6) is 5.75 Å². The topological polar surface area (TPSA) is 60.4 Å². The molecular weight excluding hydrogens is 272 g/mol. The Morgan fingerprint density at radius 3 is 2.50 bits per heavy atom. The summed E-state index contributed by atoms with van der Waals surface area (Å²) in [6, 6.07) is 4.36. The van der Waals surface area contributed by atoms with Crippen LogP contribution in [0.2, 0.25) is 0 Å². The molecular formula is C8H7BrO4S. The summed E-state index contributed by atoms with van der Waals surface area (Å²) >= 11 is 3.09. The van der Waals surface area contributed by atoms with E-state index in [9.17, 15) is 13.2 Å². The van der Waals surface area contributed by atoms with Gasteiger partial charge < -0.3 is 4.18 Å². The zero-order valence-corrected chi connectivity index (χ0v) is 9.63. The van der Waals surface area contributed by atoms with Crippen LogP contribution in [-0.4, -0.2) is 21.0 Å². The van der Waals surface area contributed by atoms with Gasteiger partial charge in [-0.1, -0.05) is 0 Å². The van der Waals surface area contributed by atoms with Crippen molar-refractivity contribution in [3.8, 4) is 5.75 Å². The summed E-state index contributed by atoms with van der Waals surface area (Å²) in [7, 11) is -3.54. The molecule has 0 N–H and O–H groups in total. The summed E-state index contributed by atoms with van der Waals surface area (Å²) in [4.78, 5) is 10.4. The molecule has 14 heavy (non-hydrogen) atoms. The van der Waals surface area contributed by atoms with Crippen molar-refractivity contribution in [1.29, 1.82) is 0 Å². The maximum absolute atomic E-state index is 10.8. The van der Waals surface area contributed by atoms with E-state index in [0.717, 1.165) is 6.26 Å². The molecule has 76 valence electrons. The van der Waals surface area contributed by atoms with Crippen LogP contribution in [-0.2, 0) is 10.1 Å². The lowest BCUT2D eigenvalue weighted by atomic mass is 10.2. The molecule has 0 heterocycles. The number of aldehydes is 1. The first-order valence-electron chi connectivity index (χ1n) is 3.56. The number of carbonyl (C=O) groups is 1. The Kier molecular flexibility index (Phi) is 3.28. The van der Waals surface area contributed by atoms with E-state index in [0.29, 0.717) is 16.3 Å². The number of carbonyl (C=O) groups excluding carboxylic acids is 1. The molecule has 6 heteroatoms. The smallest absolute Gasteiger partial charge is 0.306 e. The summed E-state index contributed by atoms with van der Waals surface area (Å²) in [5.74, 6) is 0.165. The van der Waals surface area contributed by atoms with Crippen LogP contribution < -0.4 is 4.18 Å². The predicted molar refractivity (Wildman–Crippen MR) is 55.0 cm³/mol. The van der Waals surface area contributed by atoms with Crippen molar-refractivity contribution in [2.45, 2.75) is 0 Å². The molecule has 0 atom stereocenters. The second-order valence-electron chi connectivity index (χ2n) is 2.60. The molecule has 0 unspecified atom stereocenters. The molecule has 0 bridgehead atoms. The third kappa shape index (κ3) is 3.12. The zero-order valence-electron chi connectivity index (χ0n) is 7.23. The minimum atomic E-state index is -3.54. The Morgan fingerprint density at radius 1 is 1.43 bits per heavy atom. The van der Waals surface area contributed by atoms with Gasteiger partial charge in [-0.3, -0.25) is 4.79 Å². The lowest BCUT2D eigenvalue weighted by molar-refractivity contribution is 0.112. The average molecular weight is 279 g/mol. The molecule has 0 aliphatic carbocycles. The number of hydrogen-bond acceptors (Lipinski definition) is 4. The number of halogens is 1. The summed E-state index contributed by atoms with van der Waals surface area (Å²) in [5.41, 5.74) is 0.442. The Hall–Kier alpha value is -0.880. The van der Waals surface area contributed by atoms with Gasteiger partial charge in [-0.2, -0.15) is 8.42 Å². The van der Waals surface area contributed by atoms with Crippen LogP contribution in [0.1, 0.15) is 10.4 Å². The van der Waals surface area contributed by atoms with Gasteiger partial charge in [-0.25, -0.2) is 0 Å². The molecule has 0 fully saturated rings. The molecule has 0 saturated heterocycles. The first kappa shape index (κ1) is 11.2. The number of benzene rings is 1. The van der Waals surface area contributed by atoms with E-state index in [2.05, 4.69) is 20.1 Å². The van der Waals surface area contributed by atoms with Gasteiger partial charge in [0.15, 0.2) is 5.75 Å². The molecule has 0 aliphatic heterocycles. The average Bonchev–Trinajstić information content (AvgIpc) is 2.06. The van der Waals surface area contributed by atoms with E-state index in [-0.39, 0.29) is 5.75 Å². The van der Waals surface area contributed by atoms with E-state index in [1.54, 1.807) is 0 Å². The summed E-state index contributed by atoms with van der Waals surface area (Å²) in [6.45, 7) is 0. The Morgan fingerprint density at radius 2 is 2.07 bits per heavy atom. The van der Waals surface area contributed by atoms with Crippen molar-refractivity contribution >= 4 is 32.3 Å². The predicted octanol–water partition coefficient (Wildman–Crippen LogP) is 1.60. The fourth-order valence-corrected chi connectivity index (χ4v) is 1.88. The van der Waals surface area contributed by atoms with E-state index in [4.69, 9.17) is 0 Å². The minimum Gasteiger partial charge on any atom is -0.381 e. The number of hydrogen-bond donors (Lipinski definition) is 0. The van der Waals surface area contributed by atoms with Gasteiger partial charge in [0.25, 0.3) is 0 Å². The molecule has 0 aromatic heterocycles. The standard InChI is InChI=1S/C8H7BrO4S/c1-14(11,12)13-8-3-2-6(5-10)4-7(8)9/h2-5H,1H3. The van der Waals surface area contributed by atoms with Gasteiger partial charge in [0.2, 0.25) is 0 Å². The van der Waals surface area contributed by atoms with E-state index < -0.39 is 10.1 Å². The van der Waals surface area contributed by atoms with Crippen LogP contribution >= 0.6 is 15.9 Å².